The third-order valence-corrected chi connectivity index (χ3v) is 6.83. The zero-order valence-electron chi connectivity index (χ0n) is 19.3. The lowest BCUT2D eigenvalue weighted by molar-refractivity contribution is 0.0999. The van der Waals surface area contributed by atoms with Gasteiger partial charge >= 0.3 is 0 Å². The maximum absolute atomic E-state index is 12.8. The smallest absolute Gasteiger partial charge is 0.255 e. The molecule has 9 nitrogen and oxygen atoms in total. The van der Waals surface area contributed by atoms with Crippen LogP contribution in [0.2, 0.25) is 5.02 Å². The van der Waals surface area contributed by atoms with Crippen LogP contribution < -0.4 is 26.8 Å². The van der Waals surface area contributed by atoms with Gasteiger partial charge in [-0.15, -0.1) is 11.3 Å². The molecule has 0 unspecified atom stereocenters. The first-order chi connectivity index (χ1) is 17.3. The number of rotatable bonds is 9. The first-order valence-electron chi connectivity index (χ1n) is 10.9. The van der Waals surface area contributed by atoms with Gasteiger partial charge in [-0.3, -0.25) is 9.59 Å². The Hall–Kier alpha value is -3.86. The van der Waals surface area contributed by atoms with Crippen LogP contribution in [-0.4, -0.2) is 35.1 Å². The van der Waals surface area contributed by atoms with E-state index < -0.39 is 5.91 Å². The van der Waals surface area contributed by atoms with Crippen molar-refractivity contribution in [3.63, 3.8) is 0 Å². The van der Waals surface area contributed by atoms with E-state index in [9.17, 15) is 9.59 Å². The van der Waals surface area contributed by atoms with Gasteiger partial charge in [0.25, 0.3) is 11.8 Å². The number of pyridine rings is 1. The second-order valence-corrected chi connectivity index (χ2v) is 9.24. The van der Waals surface area contributed by atoms with Gasteiger partial charge in [0, 0.05) is 41.0 Å². The van der Waals surface area contributed by atoms with Crippen LogP contribution in [0.1, 0.15) is 39.3 Å². The Balaban J connectivity index is 0.00000380. The van der Waals surface area contributed by atoms with Gasteiger partial charge in [-0.05, 0) is 42.1 Å². The largest absolute Gasteiger partial charge is 0.489 e. The average molecular weight is 542 g/mol. The van der Waals surface area contributed by atoms with Gasteiger partial charge in [0.15, 0.2) is 0 Å². The molecule has 2 amide bonds. The Kier molecular flexibility index (Phi) is 8.93. The van der Waals surface area contributed by atoms with Crippen molar-refractivity contribution in [3.8, 4) is 5.75 Å². The molecular formula is C26H28ClN5O4S. The first-order valence-corrected chi connectivity index (χ1v) is 12.2. The summed E-state index contributed by atoms with van der Waals surface area (Å²) in [6, 6.07) is 10.2. The maximum atomic E-state index is 12.8. The minimum atomic E-state index is -0.571. The molecule has 4 aromatic rings. The summed E-state index contributed by atoms with van der Waals surface area (Å²) >= 11 is 7.60. The highest BCUT2D eigenvalue weighted by molar-refractivity contribution is 7.17. The van der Waals surface area contributed by atoms with Gasteiger partial charge in [0.2, 0.25) is 0 Å². The number of anilines is 3. The van der Waals surface area contributed by atoms with E-state index in [0.717, 1.165) is 11.1 Å². The number of fused-ring (bicyclic) bond motifs is 1. The molecule has 0 saturated carbocycles. The Morgan fingerprint density at radius 3 is 2.70 bits per heavy atom. The number of benzene rings is 2. The van der Waals surface area contributed by atoms with Gasteiger partial charge < -0.3 is 31.9 Å². The molecule has 194 valence electrons. The van der Waals surface area contributed by atoms with Gasteiger partial charge in [-0.25, -0.2) is 4.98 Å². The molecule has 7 N–H and O–H groups in total. The number of hydrogen-bond donors (Lipinski definition) is 5. The monoisotopic (exact) mass is 541 g/mol. The van der Waals surface area contributed by atoms with Crippen LogP contribution in [0.15, 0.2) is 48.0 Å². The van der Waals surface area contributed by atoms with Crippen LogP contribution in [0.3, 0.4) is 0 Å². The minimum absolute atomic E-state index is 0. The summed E-state index contributed by atoms with van der Waals surface area (Å²) in [5, 5.41) is 17.7. The SMILES string of the molecule is C.Cc1ccc(NC(=O)c2ccc(NCCO)c(Cl)c2)cc1OCc1csc2c(C(N)=O)cnc(N)c12. The van der Waals surface area contributed by atoms with Gasteiger partial charge in [0.05, 0.1) is 27.6 Å². The fraction of sp³-hybridized carbons (Fsp3) is 0.192. The molecule has 0 spiro atoms. The van der Waals surface area contributed by atoms with E-state index in [0.29, 0.717) is 55.7 Å². The number of aliphatic hydroxyl groups is 1. The molecule has 0 fully saturated rings. The summed E-state index contributed by atoms with van der Waals surface area (Å²) in [5.74, 6) is -0.0318. The van der Waals surface area contributed by atoms with Gasteiger partial charge in [-0.1, -0.05) is 25.1 Å². The summed E-state index contributed by atoms with van der Waals surface area (Å²) in [6.07, 6.45) is 1.38. The maximum Gasteiger partial charge on any atom is 0.255 e. The van der Waals surface area contributed by atoms with Crippen LogP contribution >= 0.6 is 22.9 Å². The standard InChI is InChI=1S/C25H24ClN5O4S.CH4/c1-13-2-4-16(31-25(34)14-3-5-19(18(26)8-14)29-6-7-32)9-20(13)35-11-15-12-36-22-17(24(28)33)10-30-23(27)21(15)22;/h2-5,8-10,12,29,32H,6-7,11H2,1H3,(H2,27,30)(H2,28,33)(H,31,34);1H4. The molecule has 2 aromatic heterocycles. The molecule has 0 saturated heterocycles. The number of thiophene rings is 1. The van der Waals surface area contributed by atoms with Crippen molar-refractivity contribution in [1.82, 2.24) is 4.98 Å². The number of aromatic nitrogens is 1. The number of nitrogens with one attached hydrogen (secondary N) is 2. The van der Waals surface area contributed by atoms with Crippen LogP contribution in [-0.2, 0) is 6.61 Å². The molecule has 4 rings (SSSR count). The highest BCUT2D eigenvalue weighted by atomic mass is 35.5. The molecule has 37 heavy (non-hydrogen) atoms. The number of halogens is 1. The highest BCUT2D eigenvalue weighted by Crippen LogP contribution is 2.34. The predicted octanol–water partition coefficient (Wildman–Crippen LogP) is 4.81. The van der Waals surface area contributed by atoms with Crippen LogP contribution in [0.25, 0.3) is 10.1 Å². The topological polar surface area (TPSA) is 153 Å². The fourth-order valence-electron chi connectivity index (χ4n) is 3.59. The molecule has 2 aromatic carbocycles. The zero-order chi connectivity index (χ0) is 25.8. The number of primary amides is 1. The van der Waals surface area contributed by atoms with Crippen molar-refractivity contribution in [3.05, 3.63) is 75.3 Å². The molecule has 0 aliphatic rings. The van der Waals surface area contributed by atoms with Gasteiger partial charge in [0.1, 0.15) is 18.2 Å². The van der Waals surface area contributed by atoms with Crippen molar-refractivity contribution in [2.24, 2.45) is 5.73 Å². The third-order valence-electron chi connectivity index (χ3n) is 5.45. The van der Waals surface area contributed by atoms with Crippen molar-refractivity contribution in [2.75, 3.05) is 29.5 Å². The van der Waals surface area contributed by atoms with Crippen molar-refractivity contribution in [1.29, 1.82) is 0 Å². The molecular weight excluding hydrogens is 514 g/mol. The van der Waals surface area contributed by atoms with Crippen LogP contribution in [0.4, 0.5) is 17.2 Å². The molecule has 11 heteroatoms. The number of aryl methyl sites for hydroxylation is 1. The lowest BCUT2D eigenvalue weighted by atomic mass is 10.1. The number of ether oxygens (including phenoxy) is 1. The number of nitrogens with zero attached hydrogens (tertiary/aromatic N) is 1. The lowest BCUT2D eigenvalue weighted by Gasteiger charge is -2.13. The number of hydrogen-bond acceptors (Lipinski definition) is 8. The number of aliphatic hydroxyl groups excluding tert-OH is 1. The molecule has 0 radical (unpaired) electrons. The lowest BCUT2D eigenvalue weighted by Crippen LogP contribution is -2.13. The molecule has 2 heterocycles. The fourth-order valence-corrected chi connectivity index (χ4v) is 4.92. The average Bonchev–Trinajstić information content (AvgIpc) is 3.28. The second kappa shape index (κ2) is 11.9. The quantitative estimate of drug-likeness (QED) is 0.204. The third kappa shape index (κ3) is 6.11. The van der Waals surface area contributed by atoms with Crippen LogP contribution in [0.5, 0.6) is 5.75 Å². The second-order valence-electron chi connectivity index (χ2n) is 7.95. The van der Waals surface area contributed by atoms with Crippen molar-refractivity contribution < 1.29 is 19.4 Å². The van der Waals surface area contributed by atoms with Crippen molar-refractivity contribution >= 4 is 62.0 Å². The number of amides is 2. The predicted molar refractivity (Wildman–Crippen MR) is 150 cm³/mol. The minimum Gasteiger partial charge on any atom is -0.489 e. The van der Waals surface area contributed by atoms with Crippen molar-refractivity contribution in [2.45, 2.75) is 21.0 Å². The van der Waals surface area contributed by atoms with E-state index in [-0.39, 0.29) is 26.5 Å². The Bertz CT molecular complexity index is 1460. The van der Waals surface area contributed by atoms with E-state index in [2.05, 4.69) is 15.6 Å². The number of nitrogen functional groups attached to an aromatic ring is 1. The van der Waals surface area contributed by atoms with Gasteiger partial charge in [-0.2, -0.15) is 0 Å². The number of nitrogens with two attached hydrogens (primary N) is 2. The molecule has 0 aliphatic heterocycles. The van der Waals surface area contributed by atoms with E-state index in [1.54, 1.807) is 30.3 Å². The molecule has 0 bridgehead atoms. The molecule has 0 atom stereocenters. The number of carbonyl (C=O) groups is 2. The summed E-state index contributed by atoms with van der Waals surface area (Å²) in [7, 11) is 0. The Morgan fingerprint density at radius 2 is 2.00 bits per heavy atom. The molecule has 0 aliphatic carbocycles. The summed E-state index contributed by atoms with van der Waals surface area (Å²) < 4.78 is 6.72. The normalized spacial score (nSPS) is 10.6. The van der Waals surface area contributed by atoms with E-state index in [1.165, 1.54) is 17.5 Å². The van der Waals surface area contributed by atoms with E-state index >= 15 is 0 Å². The Labute approximate surface area is 223 Å². The first kappa shape index (κ1) is 27.7. The Morgan fingerprint density at radius 1 is 1.22 bits per heavy atom. The number of carbonyl (C=O) groups excluding carboxylic acids is 2. The summed E-state index contributed by atoms with van der Waals surface area (Å²) in [6.45, 7) is 2.40. The summed E-state index contributed by atoms with van der Waals surface area (Å²) in [4.78, 5) is 28.6. The van der Waals surface area contributed by atoms with E-state index in [1.807, 2.05) is 18.4 Å². The van der Waals surface area contributed by atoms with E-state index in [4.69, 9.17) is 32.9 Å². The van der Waals surface area contributed by atoms with Crippen LogP contribution in [0, 0.1) is 6.92 Å². The zero-order valence-corrected chi connectivity index (χ0v) is 20.9. The highest BCUT2D eigenvalue weighted by Gasteiger charge is 2.16. The summed E-state index contributed by atoms with van der Waals surface area (Å²) in [5.41, 5.74) is 15.1.